The first kappa shape index (κ1) is 18.9. The number of aromatic nitrogens is 2. The lowest BCUT2D eigenvalue weighted by Gasteiger charge is -2.32. The highest BCUT2D eigenvalue weighted by Gasteiger charge is 2.20. The van der Waals surface area contributed by atoms with Gasteiger partial charge < -0.3 is 19.3 Å². The lowest BCUT2D eigenvalue weighted by atomic mass is 10.1. The third-order valence-electron chi connectivity index (χ3n) is 4.66. The average molecular weight is 420 g/mol. The van der Waals surface area contributed by atoms with Gasteiger partial charge in [0.05, 0.1) is 24.6 Å². The van der Waals surface area contributed by atoms with Crippen LogP contribution < -0.4 is 15.0 Å². The molecular formula is C18H21N5O3S2. The highest BCUT2D eigenvalue weighted by molar-refractivity contribution is 7.23. The number of ether oxygens (including phenoxy) is 2. The number of nitrogens with one attached hydrogen (secondary N) is 1. The van der Waals surface area contributed by atoms with E-state index in [0.717, 1.165) is 47.3 Å². The Balaban J connectivity index is 1.69. The molecule has 3 aromatic rings. The molecule has 1 fully saturated rings. The maximum atomic E-state index is 11.6. The van der Waals surface area contributed by atoms with Gasteiger partial charge in [0, 0.05) is 37.1 Å². The number of hydrogen-bond acceptors (Lipinski definition) is 9. The summed E-state index contributed by atoms with van der Waals surface area (Å²) in [6, 6.07) is 3.87. The summed E-state index contributed by atoms with van der Waals surface area (Å²) >= 11 is 3.03. The van der Waals surface area contributed by atoms with Crippen LogP contribution in [0, 0.1) is 0 Å². The van der Waals surface area contributed by atoms with Gasteiger partial charge in [-0.3, -0.25) is 5.32 Å². The first-order valence-electron chi connectivity index (χ1n) is 8.81. The maximum absolute atomic E-state index is 11.6. The van der Waals surface area contributed by atoms with E-state index in [1.54, 1.807) is 18.4 Å². The third kappa shape index (κ3) is 3.62. The van der Waals surface area contributed by atoms with Crippen molar-refractivity contribution in [1.29, 1.82) is 0 Å². The monoisotopic (exact) mass is 419 g/mol. The van der Waals surface area contributed by atoms with Crippen molar-refractivity contribution < 1.29 is 14.3 Å². The van der Waals surface area contributed by atoms with Crippen LogP contribution in [-0.2, 0) is 4.74 Å². The Labute approximate surface area is 170 Å². The number of benzene rings is 1. The summed E-state index contributed by atoms with van der Waals surface area (Å²) in [4.78, 5) is 25.6. The molecule has 0 radical (unpaired) electrons. The van der Waals surface area contributed by atoms with Crippen LogP contribution in [0.25, 0.3) is 21.5 Å². The Kier molecular flexibility index (Phi) is 5.33. The van der Waals surface area contributed by atoms with Crippen LogP contribution in [0.15, 0.2) is 17.5 Å². The molecule has 4 rings (SSSR count). The van der Waals surface area contributed by atoms with Gasteiger partial charge in [-0.1, -0.05) is 11.3 Å². The zero-order valence-electron chi connectivity index (χ0n) is 15.9. The summed E-state index contributed by atoms with van der Waals surface area (Å²) in [5.41, 5.74) is 2.58. The molecule has 0 aliphatic carbocycles. The predicted octanol–water partition coefficient (Wildman–Crippen LogP) is 3.36. The molecule has 1 amide bonds. The summed E-state index contributed by atoms with van der Waals surface area (Å²) < 4.78 is 11.0. The van der Waals surface area contributed by atoms with Gasteiger partial charge in [0.25, 0.3) is 0 Å². The summed E-state index contributed by atoms with van der Waals surface area (Å²) in [6.45, 7) is 4.04. The van der Waals surface area contributed by atoms with Crippen LogP contribution in [0.4, 0.5) is 15.1 Å². The molecule has 0 saturated carbocycles. The van der Waals surface area contributed by atoms with Crippen molar-refractivity contribution in [3.05, 3.63) is 17.5 Å². The number of nitrogens with zero attached hydrogens (tertiary/aromatic N) is 4. The third-order valence-corrected chi connectivity index (χ3v) is 6.57. The molecule has 8 nitrogen and oxygen atoms in total. The number of piperazine rings is 1. The largest absolute Gasteiger partial charge is 0.494 e. The highest BCUT2D eigenvalue weighted by atomic mass is 32.1. The molecular weight excluding hydrogens is 398 g/mol. The standard InChI is InChI=1S/C18H21N5O3S2/c1-22-6-8-23(9-7-22)17-19-12(10-27-17)11-4-5-13(25-2)14-15(11)28-16(20-14)21-18(24)26-3/h4-5,10H,6-9H2,1-3H3,(H,20,21,24). The fourth-order valence-corrected chi connectivity index (χ4v) is 4.94. The summed E-state index contributed by atoms with van der Waals surface area (Å²) in [5.74, 6) is 0.655. The molecule has 0 atom stereocenters. The van der Waals surface area contributed by atoms with E-state index in [0.29, 0.717) is 16.4 Å². The van der Waals surface area contributed by atoms with Crippen LogP contribution in [0.1, 0.15) is 0 Å². The van der Waals surface area contributed by atoms with Gasteiger partial charge in [-0.25, -0.2) is 14.8 Å². The number of thiazole rings is 2. The van der Waals surface area contributed by atoms with Crippen LogP contribution in [0.5, 0.6) is 5.75 Å². The number of hydrogen-bond donors (Lipinski definition) is 1. The van der Waals surface area contributed by atoms with Crippen LogP contribution in [-0.4, -0.2) is 68.4 Å². The van der Waals surface area contributed by atoms with Crippen molar-refractivity contribution >= 4 is 49.2 Å². The average Bonchev–Trinajstić information content (AvgIpc) is 3.35. The van der Waals surface area contributed by atoms with Gasteiger partial charge in [0.1, 0.15) is 11.3 Å². The first-order valence-corrected chi connectivity index (χ1v) is 10.5. The van der Waals surface area contributed by atoms with Crippen molar-refractivity contribution in [3.63, 3.8) is 0 Å². The van der Waals surface area contributed by atoms with E-state index in [9.17, 15) is 4.79 Å². The molecule has 28 heavy (non-hydrogen) atoms. The van der Waals surface area contributed by atoms with E-state index in [-0.39, 0.29) is 0 Å². The molecule has 3 heterocycles. The second kappa shape index (κ2) is 7.90. The second-order valence-electron chi connectivity index (χ2n) is 6.43. The predicted molar refractivity (Wildman–Crippen MR) is 113 cm³/mol. The minimum Gasteiger partial charge on any atom is -0.494 e. The molecule has 0 bridgehead atoms. The molecule has 0 spiro atoms. The number of rotatable bonds is 4. The Morgan fingerprint density at radius 1 is 1.18 bits per heavy atom. The number of methoxy groups -OCH3 is 2. The van der Waals surface area contributed by atoms with Gasteiger partial charge in [0.15, 0.2) is 10.3 Å². The number of fused-ring (bicyclic) bond motifs is 1. The van der Waals surface area contributed by atoms with Gasteiger partial charge >= 0.3 is 6.09 Å². The summed E-state index contributed by atoms with van der Waals surface area (Å²) in [6.07, 6.45) is -0.550. The van der Waals surface area contributed by atoms with Gasteiger partial charge in [-0.05, 0) is 19.2 Å². The fraction of sp³-hybridized carbons (Fsp3) is 0.389. The van der Waals surface area contributed by atoms with E-state index in [1.807, 2.05) is 12.1 Å². The Morgan fingerprint density at radius 3 is 2.68 bits per heavy atom. The van der Waals surface area contributed by atoms with Crippen molar-refractivity contribution in [2.45, 2.75) is 0 Å². The number of likely N-dealkylation sites (N-methyl/N-ethyl adjacent to an activating group) is 1. The van der Waals surface area contributed by atoms with E-state index in [4.69, 9.17) is 9.72 Å². The van der Waals surface area contributed by atoms with Gasteiger partial charge in [-0.2, -0.15) is 0 Å². The minimum atomic E-state index is -0.550. The number of anilines is 2. The summed E-state index contributed by atoms with van der Waals surface area (Å²) in [5, 5.41) is 6.20. The van der Waals surface area contributed by atoms with Crippen LogP contribution in [0.2, 0.25) is 0 Å². The molecule has 10 heteroatoms. The Hall–Kier alpha value is -2.43. The first-order chi connectivity index (χ1) is 13.6. The minimum absolute atomic E-state index is 0.460. The SMILES string of the molecule is COC(=O)Nc1nc2c(OC)ccc(-c3csc(N4CCN(C)CC4)n3)c2s1. The van der Waals surface area contributed by atoms with E-state index in [2.05, 4.69) is 37.3 Å². The molecule has 0 unspecified atom stereocenters. The van der Waals surface area contributed by atoms with Crippen molar-refractivity contribution in [2.24, 2.45) is 0 Å². The molecule has 1 saturated heterocycles. The van der Waals surface area contributed by atoms with Crippen molar-refractivity contribution in [1.82, 2.24) is 14.9 Å². The fourth-order valence-electron chi connectivity index (χ4n) is 3.07. The van der Waals surface area contributed by atoms with Crippen molar-refractivity contribution in [3.8, 4) is 17.0 Å². The smallest absolute Gasteiger partial charge is 0.413 e. The lowest BCUT2D eigenvalue weighted by molar-refractivity contribution is 0.187. The Morgan fingerprint density at radius 2 is 1.96 bits per heavy atom. The van der Waals surface area contributed by atoms with Crippen LogP contribution in [0.3, 0.4) is 0 Å². The number of carbonyl (C=O) groups is 1. The second-order valence-corrected chi connectivity index (χ2v) is 8.27. The van der Waals surface area contributed by atoms with Crippen LogP contribution >= 0.6 is 22.7 Å². The van der Waals surface area contributed by atoms with E-state index >= 15 is 0 Å². The highest BCUT2D eigenvalue weighted by Crippen LogP contribution is 2.40. The normalized spacial score (nSPS) is 15.0. The van der Waals surface area contributed by atoms with Gasteiger partial charge in [0.2, 0.25) is 0 Å². The zero-order valence-corrected chi connectivity index (χ0v) is 17.5. The number of amides is 1. The quantitative estimate of drug-likeness (QED) is 0.695. The number of carbonyl (C=O) groups excluding carboxylic acids is 1. The topological polar surface area (TPSA) is 79.8 Å². The maximum Gasteiger partial charge on any atom is 0.413 e. The molecule has 1 aliphatic heterocycles. The Bertz CT molecular complexity index is 994. The summed E-state index contributed by atoms with van der Waals surface area (Å²) in [7, 11) is 5.07. The van der Waals surface area contributed by atoms with E-state index in [1.165, 1.54) is 18.4 Å². The lowest BCUT2D eigenvalue weighted by Crippen LogP contribution is -2.44. The molecule has 148 valence electrons. The molecule has 1 N–H and O–H groups in total. The van der Waals surface area contributed by atoms with Crippen molar-refractivity contribution in [2.75, 3.05) is 57.7 Å². The van der Waals surface area contributed by atoms with Gasteiger partial charge in [-0.15, -0.1) is 11.3 Å². The zero-order chi connectivity index (χ0) is 19.7. The molecule has 2 aromatic heterocycles. The van der Waals surface area contributed by atoms with E-state index < -0.39 is 6.09 Å². The molecule has 1 aromatic carbocycles. The molecule has 1 aliphatic rings.